The lowest BCUT2D eigenvalue weighted by Gasteiger charge is -2.19. The van der Waals surface area contributed by atoms with E-state index in [1.54, 1.807) is 26.0 Å². The van der Waals surface area contributed by atoms with Gasteiger partial charge in [-0.05, 0) is 37.4 Å². The van der Waals surface area contributed by atoms with Crippen molar-refractivity contribution in [3.8, 4) is 11.5 Å². The first-order chi connectivity index (χ1) is 10.3. The summed E-state index contributed by atoms with van der Waals surface area (Å²) in [7, 11) is 5.30. The molecule has 0 amide bonds. The fourth-order valence-electron chi connectivity index (χ4n) is 2.04. The highest BCUT2D eigenvalue weighted by atomic mass is 32.2. The first-order valence-corrected chi connectivity index (χ1v) is 7.70. The standard InChI is InChI=1S/C16H20N2O2S/c1-17-14(11-21-16-6-4-5-9-18-16)13-10-12(19-2)7-8-15(13)20-3/h4-10,14,17H,11H2,1-3H3. The van der Waals surface area contributed by atoms with Crippen LogP contribution >= 0.6 is 11.8 Å². The molecule has 1 aromatic carbocycles. The summed E-state index contributed by atoms with van der Waals surface area (Å²) in [6.07, 6.45) is 1.81. The molecule has 21 heavy (non-hydrogen) atoms. The molecule has 2 rings (SSSR count). The maximum atomic E-state index is 5.46. The minimum Gasteiger partial charge on any atom is -0.497 e. The third kappa shape index (κ3) is 4.12. The first kappa shape index (κ1) is 15.7. The van der Waals surface area contributed by atoms with Gasteiger partial charge in [-0.3, -0.25) is 0 Å². The van der Waals surface area contributed by atoms with Crippen molar-refractivity contribution in [2.24, 2.45) is 0 Å². The van der Waals surface area contributed by atoms with E-state index in [0.29, 0.717) is 0 Å². The van der Waals surface area contributed by atoms with E-state index in [2.05, 4.69) is 10.3 Å². The van der Waals surface area contributed by atoms with Crippen LogP contribution in [0.2, 0.25) is 0 Å². The zero-order valence-electron chi connectivity index (χ0n) is 12.5. The summed E-state index contributed by atoms with van der Waals surface area (Å²) in [5, 5.41) is 4.34. The van der Waals surface area contributed by atoms with Crippen LogP contribution in [0.1, 0.15) is 11.6 Å². The molecule has 1 unspecified atom stereocenters. The number of pyridine rings is 1. The van der Waals surface area contributed by atoms with Gasteiger partial charge in [0.15, 0.2) is 0 Å². The van der Waals surface area contributed by atoms with Gasteiger partial charge < -0.3 is 14.8 Å². The molecule has 1 aromatic heterocycles. The third-order valence-corrected chi connectivity index (χ3v) is 4.23. The van der Waals surface area contributed by atoms with Gasteiger partial charge in [-0.2, -0.15) is 0 Å². The molecule has 2 aromatic rings. The largest absolute Gasteiger partial charge is 0.497 e. The Morgan fingerprint density at radius 3 is 2.67 bits per heavy atom. The van der Waals surface area contributed by atoms with Crippen molar-refractivity contribution < 1.29 is 9.47 Å². The summed E-state index contributed by atoms with van der Waals surface area (Å²) in [5.74, 6) is 2.54. The van der Waals surface area contributed by atoms with Crippen LogP contribution in [0.3, 0.4) is 0 Å². The van der Waals surface area contributed by atoms with E-state index in [4.69, 9.17) is 9.47 Å². The Labute approximate surface area is 129 Å². The summed E-state index contributed by atoms with van der Waals surface area (Å²) in [6, 6.07) is 11.9. The number of nitrogens with zero attached hydrogens (tertiary/aromatic N) is 1. The molecule has 0 aliphatic rings. The van der Waals surface area contributed by atoms with Gasteiger partial charge in [-0.25, -0.2) is 4.98 Å². The highest BCUT2D eigenvalue weighted by molar-refractivity contribution is 7.99. The van der Waals surface area contributed by atoms with Crippen molar-refractivity contribution in [3.63, 3.8) is 0 Å². The number of nitrogens with one attached hydrogen (secondary N) is 1. The second-order valence-electron chi connectivity index (χ2n) is 4.43. The Kier molecular flexibility index (Phi) is 5.90. The average Bonchev–Trinajstić information content (AvgIpc) is 2.56. The van der Waals surface area contributed by atoms with Crippen LogP contribution in [0.15, 0.2) is 47.6 Å². The first-order valence-electron chi connectivity index (χ1n) is 6.71. The second-order valence-corrected chi connectivity index (χ2v) is 5.47. The fourth-order valence-corrected chi connectivity index (χ4v) is 3.04. The van der Waals surface area contributed by atoms with Crippen LogP contribution < -0.4 is 14.8 Å². The topological polar surface area (TPSA) is 43.4 Å². The average molecular weight is 304 g/mol. The maximum absolute atomic E-state index is 5.46. The number of aromatic nitrogens is 1. The molecule has 0 aliphatic carbocycles. The van der Waals surface area contributed by atoms with Gasteiger partial charge >= 0.3 is 0 Å². The summed E-state index contributed by atoms with van der Waals surface area (Å²) in [5.41, 5.74) is 1.09. The lowest BCUT2D eigenvalue weighted by atomic mass is 10.1. The van der Waals surface area contributed by atoms with Gasteiger partial charge in [0.05, 0.1) is 19.2 Å². The van der Waals surface area contributed by atoms with Crippen LogP contribution in [0, 0.1) is 0 Å². The third-order valence-electron chi connectivity index (χ3n) is 3.20. The van der Waals surface area contributed by atoms with Crippen molar-refractivity contribution in [3.05, 3.63) is 48.2 Å². The number of hydrogen-bond acceptors (Lipinski definition) is 5. The Balaban J connectivity index is 2.16. The van der Waals surface area contributed by atoms with Crippen molar-refractivity contribution in [2.75, 3.05) is 27.0 Å². The van der Waals surface area contributed by atoms with Gasteiger partial charge in [0.25, 0.3) is 0 Å². The van der Waals surface area contributed by atoms with E-state index in [1.165, 1.54) is 0 Å². The van der Waals surface area contributed by atoms with Crippen LogP contribution in [0.25, 0.3) is 0 Å². The molecule has 0 saturated carbocycles. The Bertz CT molecular complexity index is 563. The molecular formula is C16H20N2O2S. The van der Waals surface area contributed by atoms with Crippen molar-refractivity contribution in [1.29, 1.82) is 0 Å². The van der Waals surface area contributed by atoms with E-state index in [0.717, 1.165) is 27.8 Å². The van der Waals surface area contributed by atoms with Crippen molar-refractivity contribution in [1.82, 2.24) is 10.3 Å². The van der Waals surface area contributed by atoms with Crippen LogP contribution in [-0.2, 0) is 0 Å². The fraction of sp³-hybridized carbons (Fsp3) is 0.312. The number of benzene rings is 1. The molecule has 4 nitrogen and oxygen atoms in total. The van der Waals surface area contributed by atoms with Crippen LogP contribution in [-0.4, -0.2) is 32.0 Å². The summed E-state index contributed by atoms with van der Waals surface area (Å²) < 4.78 is 10.8. The minimum absolute atomic E-state index is 0.155. The zero-order valence-corrected chi connectivity index (χ0v) is 13.3. The summed E-state index contributed by atoms with van der Waals surface area (Å²) in [6.45, 7) is 0. The monoisotopic (exact) mass is 304 g/mol. The number of hydrogen-bond donors (Lipinski definition) is 1. The molecule has 0 aliphatic heterocycles. The SMILES string of the molecule is CNC(CSc1ccccn1)c1cc(OC)ccc1OC. The van der Waals surface area contributed by atoms with Gasteiger partial charge in [-0.15, -0.1) is 11.8 Å². The highest BCUT2D eigenvalue weighted by Gasteiger charge is 2.16. The zero-order chi connectivity index (χ0) is 15.1. The molecule has 0 spiro atoms. The van der Waals surface area contributed by atoms with Crippen molar-refractivity contribution in [2.45, 2.75) is 11.1 Å². The van der Waals surface area contributed by atoms with E-state index in [1.807, 2.05) is 49.6 Å². The quantitative estimate of drug-likeness (QED) is 0.796. The van der Waals surface area contributed by atoms with E-state index < -0.39 is 0 Å². The minimum atomic E-state index is 0.155. The lowest BCUT2D eigenvalue weighted by molar-refractivity contribution is 0.394. The number of thioether (sulfide) groups is 1. The molecule has 1 heterocycles. The van der Waals surface area contributed by atoms with E-state index in [-0.39, 0.29) is 6.04 Å². The van der Waals surface area contributed by atoms with Gasteiger partial charge in [-0.1, -0.05) is 6.07 Å². The smallest absolute Gasteiger partial charge is 0.123 e. The molecule has 1 N–H and O–H groups in total. The van der Waals surface area contributed by atoms with E-state index in [9.17, 15) is 0 Å². The Hall–Kier alpha value is -1.72. The van der Waals surface area contributed by atoms with Crippen molar-refractivity contribution >= 4 is 11.8 Å². The number of methoxy groups -OCH3 is 2. The van der Waals surface area contributed by atoms with Crippen LogP contribution in [0.5, 0.6) is 11.5 Å². The molecule has 0 bridgehead atoms. The second kappa shape index (κ2) is 7.90. The van der Waals surface area contributed by atoms with Crippen LogP contribution in [0.4, 0.5) is 0 Å². The molecule has 0 fully saturated rings. The van der Waals surface area contributed by atoms with Gasteiger partial charge in [0.2, 0.25) is 0 Å². The molecule has 0 radical (unpaired) electrons. The normalized spacial score (nSPS) is 12.0. The molecule has 0 saturated heterocycles. The van der Waals surface area contributed by atoms with Gasteiger partial charge in [0, 0.05) is 23.6 Å². The van der Waals surface area contributed by atoms with E-state index >= 15 is 0 Å². The molecule has 5 heteroatoms. The predicted molar refractivity (Wildman–Crippen MR) is 86.3 cm³/mol. The predicted octanol–water partition coefficient (Wildman–Crippen LogP) is 3.15. The highest BCUT2D eigenvalue weighted by Crippen LogP contribution is 2.32. The Morgan fingerprint density at radius 1 is 1.19 bits per heavy atom. The number of ether oxygens (including phenoxy) is 2. The molecule has 112 valence electrons. The summed E-state index contributed by atoms with van der Waals surface area (Å²) in [4.78, 5) is 4.33. The maximum Gasteiger partial charge on any atom is 0.123 e. The number of rotatable bonds is 7. The molecular weight excluding hydrogens is 284 g/mol. The Morgan fingerprint density at radius 2 is 2.05 bits per heavy atom. The lowest BCUT2D eigenvalue weighted by Crippen LogP contribution is -2.19. The molecule has 1 atom stereocenters. The summed E-state index contributed by atoms with van der Waals surface area (Å²) >= 11 is 1.71. The van der Waals surface area contributed by atoms with Gasteiger partial charge in [0.1, 0.15) is 11.5 Å².